The van der Waals surface area contributed by atoms with Gasteiger partial charge in [-0.3, -0.25) is 4.90 Å². The first-order valence-electron chi connectivity index (χ1n) is 7.93. The summed E-state index contributed by atoms with van der Waals surface area (Å²) in [5, 5.41) is 13.1. The van der Waals surface area contributed by atoms with Gasteiger partial charge in [-0.25, -0.2) is 0 Å². The zero-order chi connectivity index (χ0) is 12.8. The first kappa shape index (κ1) is 14.3. The third-order valence-corrected chi connectivity index (χ3v) is 4.80. The number of nitrogens with zero attached hydrogens (tertiary/aromatic N) is 1. The maximum atomic E-state index is 9.43. The van der Waals surface area contributed by atoms with Crippen LogP contribution in [0.3, 0.4) is 0 Å². The Labute approximate surface area is 112 Å². The van der Waals surface area contributed by atoms with Crippen molar-refractivity contribution in [1.29, 1.82) is 0 Å². The molecule has 0 amide bonds. The van der Waals surface area contributed by atoms with Crippen molar-refractivity contribution in [3.05, 3.63) is 0 Å². The molecule has 1 aliphatic carbocycles. The minimum Gasteiger partial charge on any atom is -0.395 e. The van der Waals surface area contributed by atoms with Gasteiger partial charge in [-0.05, 0) is 44.7 Å². The van der Waals surface area contributed by atoms with E-state index in [-0.39, 0.29) is 0 Å². The Balaban J connectivity index is 1.90. The van der Waals surface area contributed by atoms with E-state index in [0.717, 1.165) is 12.5 Å². The standard InChI is InChI=1S/C15H30N2O/c1-2-16-15-9-5-3-4-7-13(15)11-17-10-6-8-14(17)12-18/h13-16,18H,2-12H2,1H3. The van der Waals surface area contributed by atoms with E-state index < -0.39 is 0 Å². The summed E-state index contributed by atoms with van der Waals surface area (Å²) < 4.78 is 0. The first-order chi connectivity index (χ1) is 8.85. The molecule has 2 fully saturated rings. The number of aliphatic hydroxyl groups is 1. The molecule has 106 valence electrons. The Morgan fingerprint density at radius 2 is 1.94 bits per heavy atom. The SMILES string of the molecule is CCNC1CCCCCC1CN1CCCC1CO. The van der Waals surface area contributed by atoms with E-state index in [9.17, 15) is 5.11 Å². The van der Waals surface area contributed by atoms with Gasteiger partial charge in [0.05, 0.1) is 6.61 Å². The van der Waals surface area contributed by atoms with Crippen LogP contribution in [0.5, 0.6) is 0 Å². The number of rotatable bonds is 5. The Bertz CT molecular complexity index is 235. The molecule has 2 aliphatic rings. The summed E-state index contributed by atoms with van der Waals surface area (Å²) >= 11 is 0. The Kier molecular flexibility index (Phi) is 5.93. The lowest BCUT2D eigenvalue weighted by molar-refractivity contribution is 0.129. The average molecular weight is 254 g/mol. The van der Waals surface area contributed by atoms with Gasteiger partial charge in [-0.15, -0.1) is 0 Å². The predicted molar refractivity (Wildman–Crippen MR) is 75.7 cm³/mol. The van der Waals surface area contributed by atoms with Crippen LogP contribution in [0.2, 0.25) is 0 Å². The summed E-state index contributed by atoms with van der Waals surface area (Å²) in [4.78, 5) is 2.54. The van der Waals surface area contributed by atoms with Gasteiger partial charge in [0.25, 0.3) is 0 Å². The van der Waals surface area contributed by atoms with Gasteiger partial charge in [0.15, 0.2) is 0 Å². The monoisotopic (exact) mass is 254 g/mol. The van der Waals surface area contributed by atoms with Crippen molar-refractivity contribution in [2.75, 3.05) is 26.2 Å². The number of hydrogen-bond donors (Lipinski definition) is 2. The van der Waals surface area contributed by atoms with E-state index in [0.29, 0.717) is 18.7 Å². The van der Waals surface area contributed by atoms with E-state index in [1.54, 1.807) is 0 Å². The van der Waals surface area contributed by atoms with Crippen LogP contribution in [0.4, 0.5) is 0 Å². The van der Waals surface area contributed by atoms with Crippen molar-refractivity contribution in [1.82, 2.24) is 10.2 Å². The number of nitrogens with one attached hydrogen (secondary N) is 1. The van der Waals surface area contributed by atoms with Crippen molar-refractivity contribution >= 4 is 0 Å². The third-order valence-electron chi connectivity index (χ3n) is 4.80. The second kappa shape index (κ2) is 7.46. The molecule has 0 aromatic carbocycles. The van der Waals surface area contributed by atoms with Gasteiger partial charge in [-0.2, -0.15) is 0 Å². The van der Waals surface area contributed by atoms with Crippen molar-refractivity contribution in [3.8, 4) is 0 Å². The van der Waals surface area contributed by atoms with Crippen LogP contribution in [0.1, 0.15) is 51.9 Å². The Morgan fingerprint density at radius 1 is 1.11 bits per heavy atom. The van der Waals surface area contributed by atoms with E-state index >= 15 is 0 Å². The Hall–Kier alpha value is -0.120. The fourth-order valence-electron chi connectivity index (χ4n) is 3.78. The fraction of sp³-hybridized carbons (Fsp3) is 1.00. The van der Waals surface area contributed by atoms with Gasteiger partial charge >= 0.3 is 0 Å². The van der Waals surface area contributed by atoms with Crippen LogP contribution in [0, 0.1) is 5.92 Å². The molecule has 0 aromatic heterocycles. The topological polar surface area (TPSA) is 35.5 Å². The minimum absolute atomic E-state index is 0.346. The van der Waals surface area contributed by atoms with Gasteiger partial charge in [0.2, 0.25) is 0 Å². The molecule has 0 bridgehead atoms. The summed E-state index contributed by atoms with van der Waals surface area (Å²) in [5.74, 6) is 0.791. The van der Waals surface area contributed by atoms with E-state index in [1.165, 1.54) is 58.0 Å². The zero-order valence-electron chi connectivity index (χ0n) is 11.9. The summed E-state index contributed by atoms with van der Waals surface area (Å²) in [7, 11) is 0. The molecule has 1 saturated heterocycles. The lowest BCUT2D eigenvalue weighted by Crippen LogP contribution is -2.44. The molecule has 1 heterocycles. The lowest BCUT2D eigenvalue weighted by Gasteiger charge is -2.32. The van der Waals surface area contributed by atoms with Crippen molar-refractivity contribution in [2.24, 2.45) is 5.92 Å². The van der Waals surface area contributed by atoms with Gasteiger partial charge in [-0.1, -0.05) is 26.2 Å². The van der Waals surface area contributed by atoms with Crippen LogP contribution in [0.15, 0.2) is 0 Å². The molecule has 1 saturated carbocycles. The summed E-state index contributed by atoms with van der Waals surface area (Å²) in [6, 6.07) is 1.15. The highest BCUT2D eigenvalue weighted by Gasteiger charge is 2.30. The zero-order valence-corrected chi connectivity index (χ0v) is 11.9. The van der Waals surface area contributed by atoms with Crippen molar-refractivity contribution < 1.29 is 5.11 Å². The molecule has 2 rings (SSSR count). The predicted octanol–water partition coefficient (Wildman–Crippen LogP) is 2.00. The maximum Gasteiger partial charge on any atom is 0.0586 e. The quantitative estimate of drug-likeness (QED) is 0.737. The summed E-state index contributed by atoms with van der Waals surface area (Å²) in [5.41, 5.74) is 0. The Morgan fingerprint density at radius 3 is 2.72 bits per heavy atom. The average Bonchev–Trinajstić information content (AvgIpc) is 2.72. The van der Waals surface area contributed by atoms with Crippen molar-refractivity contribution in [2.45, 2.75) is 64.0 Å². The molecule has 0 radical (unpaired) electrons. The highest BCUT2D eigenvalue weighted by Crippen LogP contribution is 2.27. The molecule has 18 heavy (non-hydrogen) atoms. The largest absolute Gasteiger partial charge is 0.395 e. The van der Waals surface area contributed by atoms with Crippen LogP contribution in [0.25, 0.3) is 0 Å². The van der Waals surface area contributed by atoms with Gasteiger partial charge in [0.1, 0.15) is 0 Å². The lowest BCUT2D eigenvalue weighted by atomic mass is 9.93. The molecule has 2 N–H and O–H groups in total. The fourth-order valence-corrected chi connectivity index (χ4v) is 3.78. The molecule has 0 spiro atoms. The van der Waals surface area contributed by atoms with Gasteiger partial charge in [0, 0.05) is 18.6 Å². The maximum absolute atomic E-state index is 9.43. The molecule has 3 unspecified atom stereocenters. The molecular weight excluding hydrogens is 224 g/mol. The van der Waals surface area contributed by atoms with Crippen LogP contribution < -0.4 is 5.32 Å². The number of likely N-dealkylation sites (tertiary alicyclic amines) is 1. The first-order valence-corrected chi connectivity index (χ1v) is 7.93. The van der Waals surface area contributed by atoms with Crippen molar-refractivity contribution in [3.63, 3.8) is 0 Å². The smallest absolute Gasteiger partial charge is 0.0586 e. The highest BCUT2D eigenvalue weighted by molar-refractivity contribution is 4.86. The van der Waals surface area contributed by atoms with E-state index in [1.807, 2.05) is 0 Å². The van der Waals surface area contributed by atoms with E-state index in [4.69, 9.17) is 0 Å². The van der Waals surface area contributed by atoms with Crippen LogP contribution in [-0.4, -0.2) is 48.3 Å². The summed E-state index contributed by atoms with van der Waals surface area (Å²) in [6.07, 6.45) is 9.35. The van der Waals surface area contributed by atoms with E-state index in [2.05, 4.69) is 17.1 Å². The van der Waals surface area contributed by atoms with Crippen LogP contribution >= 0.6 is 0 Å². The molecular formula is C15H30N2O. The highest BCUT2D eigenvalue weighted by atomic mass is 16.3. The third kappa shape index (κ3) is 3.69. The van der Waals surface area contributed by atoms with Gasteiger partial charge < -0.3 is 10.4 Å². The molecule has 0 aromatic rings. The molecule has 3 nitrogen and oxygen atoms in total. The van der Waals surface area contributed by atoms with Crippen LogP contribution in [-0.2, 0) is 0 Å². The molecule has 3 heteroatoms. The normalized spacial score (nSPS) is 34.7. The minimum atomic E-state index is 0.346. The summed E-state index contributed by atoms with van der Waals surface area (Å²) in [6.45, 7) is 6.04. The second-order valence-corrected chi connectivity index (χ2v) is 6.04. The second-order valence-electron chi connectivity index (χ2n) is 6.04. The molecule has 1 aliphatic heterocycles. The number of hydrogen-bond acceptors (Lipinski definition) is 3. The number of aliphatic hydroxyl groups excluding tert-OH is 1. The molecule has 3 atom stereocenters.